The van der Waals surface area contributed by atoms with Gasteiger partial charge >= 0.3 is 0 Å². The van der Waals surface area contributed by atoms with Gasteiger partial charge in [0, 0.05) is 16.6 Å². The van der Waals surface area contributed by atoms with E-state index < -0.39 is 11.6 Å². The van der Waals surface area contributed by atoms with E-state index in [0.29, 0.717) is 11.4 Å². The number of hydrogen-bond acceptors (Lipinski definition) is 2. The molecule has 2 nitrogen and oxygen atoms in total. The van der Waals surface area contributed by atoms with Crippen molar-refractivity contribution < 1.29 is 8.78 Å². The van der Waals surface area contributed by atoms with Crippen molar-refractivity contribution in [1.82, 2.24) is 5.43 Å². The van der Waals surface area contributed by atoms with Gasteiger partial charge in [0.2, 0.25) is 0 Å². The lowest BCUT2D eigenvalue weighted by Crippen LogP contribution is -2.38. The van der Waals surface area contributed by atoms with Crippen LogP contribution in [0.5, 0.6) is 0 Å². The summed E-state index contributed by atoms with van der Waals surface area (Å²) >= 11 is 8.98. The van der Waals surface area contributed by atoms with Crippen molar-refractivity contribution in [2.75, 3.05) is 0 Å². The van der Waals surface area contributed by atoms with Gasteiger partial charge in [-0.05, 0) is 58.6 Å². The van der Waals surface area contributed by atoms with Gasteiger partial charge in [0.25, 0.3) is 0 Å². The monoisotopic (exact) mass is 374 g/mol. The first-order chi connectivity index (χ1) is 10.0. The fraction of sp³-hybridized carbons (Fsp3) is 0.200. The normalized spacial score (nSPS) is 12.4. The Balaban J connectivity index is 2.18. The van der Waals surface area contributed by atoms with Crippen LogP contribution in [-0.2, 0) is 12.8 Å². The van der Waals surface area contributed by atoms with E-state index in [2.05, 4.69) is 21.4 Å². The molecule has 2 aromatic rings. The number of nitrogens with two attached hydrogens (primary N) is 1. The molecule has 0 radical (unpaired) electrons. The summed E-state index contributed by atoms with van der Waals surface area (Å²) in [5, 5.41) is 0.614. The van der Waals surface area contributed by atoms with Crippen LogP contribution in [0.15, 0.2) is 40.9 Å². The summed E-state index contributed by atoms with van der Waals surface area (Å²) in [7, 11) is 0. The third-order valence-electron chi connectivity index (χ3n) is 3.20. The first-order valence-corrected chi connectivity index (χ1v) is 7.51. The fourth-order valence-corrected chi connectivity index (χ4v) is 2.73. The molecule has 0 aliphatic carbocycles. The molecule has 0 heterocycles. The molecule has 2 aromatic carbocycles. The second-order valence-electron chi connectivity index (χ2n) is 4.72. The van der Waals surface area contributed by atoms with Gasteiger partial charge in [-0.2, -0.15) is 0 Å². The average Bonchev–Trinajstić information content (AvgIpc) is 2.46. The molecule has 112 valence electrons. The lowest BCUT2D eigenvalue weighted by atomic mass is 9.99. The Hall–Kier alpha value is -1.01. The van der Waals surface area contributed by atoms with Gasteiger partial charge in [-0.15, -0.1) is 0 Å². The van der Waals surface area contributed by atoms with E-state index in [1.54, 1.807) is 12.1 Å². The molecule has 0 amide bonds. The highest BCUT2D eigenvalue weighted by Gasteiger charge is 2.17. The van der Waals surface area contributed by atoms with Crippen molar-refractivity contribution in [2.45, 2.75) is 18.9 Å². The Morgan fingerprint density at radius 1 is 1.19 bits per heavy atom. The Kier molecular flexibility index (Phi) is 5.70. The van der Waals surface area contributed by atoms with Gasteiger partial charge in [0.15, 0.2) is 0 Å². The minimum atomic E-state index is -0.596. The average molecular weight is 376 g/mol. The second-order valence-corrected chi connectivity index (χ2v) is 6.01. The maximum absolute atomic E-state index is 14.0. The zero-order valence-electron chi connectivity index (χ0n) is 11.0. The van der Waals surface area contributed by atoms with Crippen LogP contribution < -0.4 is 11.3 Å². The Bertz CT molecular complexity index is 637. The summed E-state index contributed by atoms with van der Waals surface area (Å²) in [5.74, 6) is 4.33. The van der Waals surface area contributed by atoms with E-state index >= 15 is 0 Å². The molecule has 0 saturated carbocycles. The summed E-state index contributed by atoms with van der Waals surface area (Å²) < 4.78 is 28.0. The molecule has 1 atom stereocenters. The molecule has 0 aromatic heterocycles. The van der Waals surface area contributed by atoms with Gasteiger partial charge in [-0.3, -0.25) is 11.3 Å². The standard InChI is InChI=1S/C15H14BrClF2N2/c16-13-4-5-14(18)12(15(13)19)8-11(21-20)7-9-2-1-3-10(17)6-9/h1-6,11,21H,7-8,20H2. The van der Waals surface area contributed by atoms with Crippen LogP contribution in [0.25, 0.3) is 0 Å². The van der Waals surface area contributed by atoms with E-state index in [9.17, 15) is 8.78 Å². The molecule has 0 aliphatic rings. The smallest absolute Gasteiger partial charge is 0.143 e. The maximum Gasteiger partial charge on any atom is 0.143 e. The van der Waals surface area contributed by atoms with E-state index in [4.69, 9.17) is 17.4 Å². The van der Waals surface area contributed by atoms with E-state index in [1.165, 1.54) is 12.1 Å². The van der Waals surface area contributed by atoms with Crippen molar-refractivity contribution >= 4 is 27.5 Å². The molecule has 0 bridgehead atoms. The van der Waals surface area contributed by atoms with Gasteiger partial charge in [-0.25, -0.2) is 8.78 Å². The van der Waals surface area contributed by atoms with E-state index in [-0.39, 0.29) is 22.5 Å². The highest BCUT2D eigenvalue weighted by molar-refractivity contribution is 9.10. The molecule has 2 rings (SSSR count). The SMILES string of the molecule is NNC(Cc1cccc(Cl)c1)Cc1c(F)ccc(Br)c1F. The van der Waals surface area contributed by atoms with Crippen molar-refractivity contribution in [1.29, 1.82) is 0 Å². The third-order valence-corrected chi connectivity index (χ3v) is 4.04. The van der Waals surface area contributed by atoms with Gasteiger partial charge in [-0.1, -0.05) is 23.7 Å². The van der Waals surface area contributed by atoms with E-state index in [0.717, 1.165) is 5.56 Å². The van der Waals surface area contributed by atoms with Crippen molar-refractivity contribution in [3.05, 3.63) is 68.7 Å². The van der Waals surface area contributed by atoms with Crippen molar-refractivity contribution in [3.8, 4) is 0 Å². The number of rotatable bonds is 5. The van der Waals surface area contributed by atoms with Crippen molar-refractivity contribution in [2.24, 2.45) is 5.84 Å². The largest absolute Gasteiger partial charge is 0.271 e. The minimum absolute atomic E-state index is 0.00866. The Labute approximate surface area is 135 Å². The molecule has 3 N–H and O–H groups in total. The lowest BCUT2D eigenvalue weighted by Gasteiger charge is -2.17. The zero-order chi connectivity index (χ0) is 15.4. The van der Waals surface area contributed by atoms with Gasteiger partial charge < -0.3 is 0 Å². The van der Waals surface area contributed by atoms with Gasteiger partial charge in [0.05, 0.1) is 4.47 Å². The van der Waals surface area contributed by atoms with Crippen LogP contribution in [-0.4, -0.2) is 6.04 Å². The second kappa shape index (κ2) is 7.31. The number of hydrogen-bond donors (Lipinski definition) is 2. The van der Waals surface area contributed by atoms with Crippen LogP contribution in [0.1, 0.15) is 11.1 Å². The molecule has 1 unspecified atom stereocenters. The zero-order valence-corrected chi connectivity index (χ0v) is 13.4. The molecular formula is C15H14BrClF2N2. The summed E-state index contributed by atoms with van der Waals surface area (Å²) in [6.45, 7) is 0. The summed E-state index contributed by atoms with van der Waals surface area (Å²) in [4.78, 5) is 0. The number of nitrogens with one attached hydrogen (secondary N) is 1. The predicted molar refractivity (Wildman–Crippen MR) is 84.0 cm³/mol. The van der Waals surface area contributed by atoms with Crippen LogP contribution in [0.4, 0.5) is 8.78 Å². The predicted octanol–water partition coefficient (Wildman–Crippen LogP) is 4.00. The molecule has 0 fully saturated rings. The van der Waals surface area contributed by atoms with E-state index in [1.807, 2.05) is 12.1 Å². The lowest BCUT2D eigenvalue weighted by molar-refractivity contribution is 0.483. The van der Waals surface area contributed by atoms with Crippen LogP contribution in [0.2, 0.25) is 5.02 Å². The van der Waals surface area contributed by atoms with Crippen LogP contribution in [0, 0.1) is 11.6 Å². The molecule has 0 aliphatic heterocycles. The third kappa shape index (κ3) is 4.23. The van der Waals surface area contributed by atoms with Gasteiger partial charge in [0.1, 0.15) is 11.6 Å². The molecule has 21 heavy (non-hydrogen) atoms. The summed E-state index contributed by atoms with van der Waals surface area (Å²) in [6.07, 6.45) is 0.655. The molecule has 6 heteroatoms. The summed E-state index contributed by atoms with van der Waals surface area (Å²) in [5.41, 5.74) is 3.55. The van der Waals surface area contributed by atoms with Crippen LogP contribution >= 0.6 is 27.5 Å². The Morgan fingerprint density at radius 3 is 2.62 bits per heavy atom. The summed E-state index contributed by atoms with van der Waals surface area (Å²) in [6, 6.07) is 9.56. The molecular weight excluding hydrogens is 362 g/mol. The van der Waals surface area contributed by atoms with Crippen molar-refractivity contribution in [3.63, 3.8) is 0 Å². The molecule has 0 saturated heterocycles. The highest BCUT2D eigenvalue weighted by Crippen LogP contribution is 2.23. The maximum atomic E-state index is 14.0. The first kappa shape index (κ1) is 16.4. The highest BCUT2D eigenvalue weighted by atomic mass is 79.9. The number of benzene rings is 2. The number of hydrazine groups is 1. The first-order valence-electron chi connectivity index (χ1n) is 6.34. The fourth-order valence-electron chi connectivity index (χ4n) is 2.14. The molecule has 0 spiro atoms. The Morgan fingerprint density at radius 2 is 1.95 bits per heavy atom. The number of halogens is 4. The quantitative estimate of drug-likeness (QED) is 0.471. The van der Waals surface area contributed by atoms with Crippen LogP contribution in [0.3, 0.4) is 0 Å². The topological polar surface area (TPSA) is 38.0 Å². The minimum Gasteiger partial charge on any atom is -0.271 e.